The summed E-state index contributed by atoms with van der Waals surface area (Å²) in [6, 6.07) is 9.04. The van der Waals surface area contributed by atoms with Crippen molar-refractivity contribution in [3.05, 3.63) is 65.8 Å². The first-order valence-electron chi connectivity index (χ1n) is 12.5. The second kappa shape index (κ2) is 13.1. The van der Waals surface area contributed by atoms with Gasteiger partial charge in [-0.15, -0.1) is 11.8 Å². The van der Waals surface area contributed by atoms with E-state index in [-0.39, 0.29) is 29.5 Å². The monoisotopic (exact) mass is 569 g/mol. The number of rotatable bonds is 12. The molecule has 1 fully saturated rings. The number of nitrogens with one attached hydrogen (secondary N) is 1. The fourth-order valence-electron chi connectivity index (χ4n) is 4.08. The standard InChI is InChI=1S/C26H28N6O7S/c1-2-3-12-38-19(33)14-39-30-20(17-8-7-9-18(27)28-17)23(34)29-21-24(35)32-22(26(36)37)16(15-40-25(21)32)13-31-10-5-4-6-11-31/h4-11,21,25H,2-3,12-15H2,1H3,(H3-,27,28,29,34,36,37)/p+1/t21?,25-/m1/s1. The maximum Gasteiger partial charge on any atom is 0.352 e. The van der Waals surface area contributed by atoms with Gasteiger partial charge in [0.2, 0.25) is 6.61 Å². The molecule has 4 rings (SSSR count). The summed E-state index contributed by atoms with van der Waals surface area (Å²) in [6.07, 6.45) is 5.17. The average Bonchev–Trinajstić information content (AvgIpc) is 2.94. The number of aliphatic carboxylic acids is 1. The number of esters is 1. The smallest absolute Gasteiger partial charge is 0.352 e. The van der Waals surface area contributed by atoms with Gasteiger partial charge in [-0.25, -0.2) is 19.1 Å². The van der Waals surface area contributed by atoms with E-state index in [1.807, 2.05) is 42.1 Å². The van der Waals surface area contributed by atoms with Gasteiger partial charge in [0.25, 0.3) is 11.8 Å². The number of aromatic nitrogens is 2. The molecule has 210 valence electrons. The van der Waals surface area contributed by atoms with Crippen LogP contribution in [-0.4, -0.2) is 74.8 Å². The molecule has 0 spiro atoms. The minimum Gasteiger partial charge on any atom is -0.477 e. The van der Waals surface area contributed by atoms with Crippen molar-refractivity contribution in [3.8, 4) is 0 Å². The summed E-state index contributed by atoms with van der Waals surface area (Å²) in [5, 5.41) is 15.7. The Bertz CT molecular complexity index is 1350. The van der Waals surface area contributed by atoms with Crippen LogP contribution in [0.3, 0.4) is 0 Å². The highest BCUT2D eigenvalue weighted by molar-refractivity contribution is 8.00. The number of amides is 2. The van der Waals surface area contributed by atoms with Gasteiger partial charge in [0, 0.05) is 23.5 Å². The van der Waals surface area contributed by atoms with Crippen molar-refractivity contribution in [1.82, 2.24) is 15.2 Å². The number of nitrogens with two attached hydrogens (primary N) is 1. The zero-order valence-electron chi connectivity index (χ0n) is 21.7. The summed E-state index contributed by atoms with van der Waals surface area (Å²) in [4.78, 5) is 60.7. The fourth-order valence-corrected chi connectivity index (χ4v) is 5.42. The summed E-state index contributed by atoms with van der Waals surface area (Å²) in [5.41, 5.74) is 6.00. The Hall–Kier alpha value is -4.46. The van der Waals surface area contributed by atoms with E-state index in [2.05, 4.69) is 15.5 Å². The molecule has 2 aromatic rings. The first-order valence-corrected chi connectivity index (χ1v) is 13.6. The van der Waals surface area contributed by atoms with Gasteiger partial charge < -0.3 is 25.7 Å². The maximum atomic E-state index is 13.3. The number of pyridine rings is 2. The second-order valence-electron chi connectivity index (χ2n) is 8.90. The fraction of sp³-hybridized carbons (Fsp3) is 0.346. The Morgan fingerprint density at radius 3 is 2.73 bits per heavy atom. The van der Waals surface area contributed by atoms with E-state index < -0.39 is 41.8 Å². The minimum absolute atomic E-state index is 0.0602. The molecule has 2 aliphatic rings. The molecule has 2 aliphatic heterocycles. The van der Waals surface area contributed by atoms with E-state index >= 15 is 0 Å². The van der Waals surface area contributed by atoms with Gasteiger partial charge in [0.15, 0.2) is 24.7 Å². The molecule has 2 aromatic heterocycles. The van der Waals surface area contributed by atoms with Crippen LogP contribution in [0, 0.1) is 0 Å². The van der Waals surface area contributed by atoms with Crippen molar-refractivity contribution >= 4 is 47.0 Å². The first-order chi connectivity index (χ1) is 19.3. The van der Waals surface area contributed by atoms with E-state index in [1.54, 1.807) is 6.07 Å². The third-order valence-electron chi connectivity index (χ3n) is 6.01. The van der Waals surface area contributed by atoms with Crippen LogP contribution >= 0.6 is 11.8 Å². The quantitative estimate of drug-likeness (QED) is 0.0812. The second-order valence-corrected chi connectivity index (χ2v) is 10.0. The highest BCUT2D eigenvalue weighted by Gasteiger charge is 2.54. The summed E-state index contributed by atoms with van der Waals surface area (Å²) < 4.78 is 6.84. The number of anilines is 1. The minimum atomic E-state index is -1.22. The lowest BCUT2D eigenvalue weighted by Gasteiger charge is -2.49. The molecule has 4 N–H and O–H groups in total. The molecule has 1 saturated heterocycles. The summed E-state index contributed by atoms with van der Waals surface area (Å²) in [5.74, 6) is -2.78. The van der Waals surface area contributed by atoms with Crippen LogP contribution in [0.1, 0.15) is 25.5 Å². The van der Waals surface area contributed by atoms with Gasteiger partial charge in [-0.05, 0) is 18.6 Å². The number of carbonyl (C=O) groups is 4. The topological polar surface area (TPSA) is 177 Å². The van der Waals surface area contributed by atoms with Crippen molar-refractivity contribution < 1.29 is 38.4 Å². The molecule has 0 radical (unpaired) electrons. The number of carboxylic acid groups (broad SMARTS) is 1. The normalized spacial score (nSPS) is 18.5. The number of nitrogens with zero attached hydrogens (tertiary/aromatic N) is 4. The van der Waals surface area contributed by atoms with E-state index in [1.165, 1.54) is 28.8 Å². The molecular weight excluding hydrogens is 540 g/mol. The van der Waals surface area contributed by atoms with Gasteiger partial charge in [0.05, 0.1) is 6.61 Å². The summed E-state index contributed by atoms with van der Waals surface area (Å²) in [7, 11) is 0. The number of nitrogen functional groups attached to an aromatic ring is 1. The Morgan fingerprint density at radius 2 is 2.02 bits per heavy atom. The molecular formula is C26H29N6O7S+. The average molecular weight is 570 g/mol. The van der Waals surface area contributed by atoms with Crippen molar-refractivity contribution in [1.29, 1.82) is 0 Å². The first kappa shape index (κ1) is 28.5. The SMILES string of the molecule is CCCCOC(=O)CON=C(C(=O)NC1C(=O)N2C(C(=O)O)=C(C[n+]3ccccc3)CS[C@H]12)c1cccc(N)n1. The molecule has 1 unspecified atom stereocenters. The van der Waals surface area contributed by atoms with Crippen LogP contribution < -0.4 is 15.6 Å². The lowest BCUT2D eigenvalue weighted by atomic mass is 10.0. The summed E-state index contributed by atoms with van der Waals surface area (Å²) >= 11 is 1.34. The van der Waals surface area contributed by atoms with Gasteiger partial charge in [-0.2, -0.15) is 0 Å². The third kappa shape index (κ3) is 6.57. The van der Waals surface area contributed by atoms with Crippen LogP contribution in [0.4, 0.5) is 5.82 Å². The molecule has 14 heteroatoms. The van der Waals surface area contributed by atoms with E-state index in [0.717, 1.165) is 6.42 Å². The van der Waals surface area contributed by atoms with E-state index in [9.17, 15) is 24.3 Å². The Morgan fingerprint density at radius 1 is 1.25 bits per heavy atom. The number of hydrogen-bond donors (Lipinski definition) is 3. The predicted octanol–water partition coefficient (Wildman–Crippen LogP) is 0.454. The van der Waals surface area contributed by atoms with Gasteiger partial charge >= 0.3 is 11.9 Å². The van der Waals surface area contributed by atoms with Crippen LogP contribution in [0.25, 0.3) is 0 Å². The Kier molecular flexibility index (Phi) is 9.32. The number of carbonyl (C=O) groups excluding carboxylic acids is 3. The van der Waals surface area contributed by atoms with Crippen molar-refractivity contribution in [3.63, 3.8) is 0 Å². The van der Waals surface area contributed by atoms with Crippen molar-refractivity contribution in [2.45, 2.75) is 37.7 Å². The number of thioether (sulfide) groups is 1. The number of hydrogen-bond acceptors (Lipinski definition) is 10. The highest BCUT2D eigenvalue weighted by Crippen LogP contribution is 2.40. The van der Waals surface area contributed by atoms with Crippen molar-refractivity contribution in [2.75, 3.05) is 24.7 Å². The number of unbranched alkanes of at least 4 members (excludes halogenated alkanes) is 1. The molecule has 2 atom stereocenters. The molecule has 0 bridgehead atoms. The molecule has 0 aromatic carbocycles. The third-order valence-corrected chi connectivity index (χ3v) is 7.35. The van der Waals surface area contributed by atoms with Gasteiger partial charge in [0.1, 0.15) is 28.6 Å². The van der Waals surface area contributed by atoms with Gasteiger partial charge in [-0.3, -0.25) is 14.5 Å². The van der Waals surface area contributed by atoms with E-state index in [0.29, 0.717) is 24.3 Å². The van der Waals surface area contributed by atoms with Crippen LogP contribution in [0.2, 0.25) is 0 Å². The van der Waals surface area contributed by atoms with Gasteiger partial charge in [-0.1, -0.05) is 30.6 Å². The molecule has 4 heterocycles. The summed E-state index contributed by atoms with van der Waals surface area (Å²) in [6.45, 7) is 1.97. The van der Waals surface area contributed by atoms with Crippen LogP contribution in [0.15, 0.2) is 65.2 Å². The Balaban J connectivity index is 1.49. The zero-order valence-corrected chi connectivity index (χ0v) is 22.5. The van der Waals surface area contributed by atoms with Crippen LogP contribution in [-0.2, 0) is 35.3 Å². The highest BCUT2D eigenvalue weighted by atomic mass is 32.2. The van der Waals surface area contributed by atoms with Crippen molar-refractivity contribution in [2.24, 2.45) is 5.16 Å². The lowest BCUT2D eigenvalue weighted by Crippen LogP contribution is -2.71. The molecule has 13 nitrogen and oxygen atoms in total. The molecule has 0 aliphatic carbocycles. The molecule has 40 heavy (non-hydrogen) atoms. The molecule has 2 amide bonds. The predicted molar refractivity (Wildman–Crippen MR) is 143 cm³/mol. The van der Waals surface area contributed by atoms with E-state index in [4.69, 9.17) is 15.3 Å². The number of β-lactam (4-membered cyclic amide) rings is 1. The number of carboxylic acids is 1. The largest absolute Gasteiger partial charge is 0.477 e. The Labute approximate surface area is 234 Å². The lowest BCUT2D eigenvalue weighted by molar-refractivity contribution is -0.689. The van der Waals surface area contributed by atoms with Crippen LogP contribution in [0.5, 0.6) is 0 Å². The number of fused-ring (bicyclic) bond motifs is 1. The number of oxime groups is 1. The maximum absolute atomic E-state index is 13.3. The molecule has 0 saturated carbocycles. The zero-order chi connectivity index (χ0) is 28.6. The number of ether oxygens (including phenoxy) is 1.